The molecule has 6 aliphatic rings. The van der Waals surface area contributed by atoms with Gasteiger partial charge >= 0.3 is 0 Å². The first-order valence-corrected chi connectivity index (χ1v) is 10.6. The molecule has 1 saturated carbocycles. The van der Waals surface area contributed by atoms with Crippen molar-refractivity contribution < 1.29 is 0 Å². The predicted octanol–water partition coefficient (Wildman–Crippen LogP) is 2.81. The summed E-state index contributed by atoms with van der Waals surface area (Å²) in [4.78, 5) is 5.95. The standard InChI is InChI=1S/C20H33N3/c1-2-9-22-13-20-12-15(16(22)6-1)11-14-5-4-10-23(19(14)20)18-8-3-7-17(20)21-18/h14-19,21H,1-13H2/t14-,15-,16+,17?,18+,19+,20+/m0/s1. The van der Waals surface area contributed by atoms with Crippen LogP contribution in [0.5, 0.6) is 0 Å². The summed E-state index contributed by atoms with van der Waals surface area (Å²) in [5.41, 5.74) is 0.596. The Morgan fingerprint density at radius 3 is 2.87 bits per heavy atom. The lowest BCUT2D eigenvalue weighted by Crippen LogP contribution is -2.80. The topological polar surface area (TPSA) is 18.5 Å². The smallest absolute Gasteiger partial charge is 0.0602 e. The molecule has 4 bridgehead atoms. The molecular formula is C20H33N3. The second-order valence-corrected chi connectivity index (χ2v) is 9.72. The van der Waals surface area contributed by atoms with E-state index in [-0.39, 0.29) is 0 Å². The van der Waals surface area contributed by atoms with Crippen LogP contribution in [0.15, 0.2) is 0 Å². The number of fused-ring (bicyclic) bond motifs is 6. The van der Waals surface area contributed by atoms with Crippen LogP contribution in [-0.2, 0) is 0 Å². The molecule has 1 unspecified atom stereocenters. The fourth-order valence-electron chi connectivity index (χ4n) is 8.25. The van der Waals surface area contributed by atoms with Crippen LogP contribution in [0.4, 0.5) is 0 Å². The third-order valence-electron chi connectivity index (χ3n) is 8.80. The molecule has 6 fully saturated rings. The lowest BCUT2D eigenvalue weighted by Gasteiger charge is -2.70. The highest BCUT2D eigenvalue weighted by Gasteiger charge is 2.63. The maximum absolute atomic E-state index is 4.15. The Labute approximate surface area is 141 Å². The largest absolute Gasteiger partial charge is 0.299 e. The van der Waals surface area contributed by atoms with Gasteiger partial charge in [-0.05, 0) is 82.7 Å². The first kappa shape index (κ1) is 14.1. The van der Waals surface area contributed by atoms with E-state index in [0.717, 1.165) is 36.1 Å². The Balaban J connectivity index is 1.44. The molecule has 5 heterocycles. The van der Waals surface area contributed by atoms with E-state index in [2.05, 4.69) is 15.1 Å². The van der Waals surface area contributed by atoms with Crippen LogP contribution in [0.1, 0.15) is 64.2 Å². The summed E-state index contributed by atoms with van der Waals surface area (Å²) in [5.74, 6) is 2.04. The molecule has 128 valence electrons. The number of rotatable bonds is 0. The highest BCUT2D eigenvalue weighted by molar-refractivity contribution is 5.18. The van der Waals surface area contributed by atoms with Gasteiger partial charge in [0.2, 0.25) is 0 Å². The SMILES string of the molecule is C1CCN2C[C@]34C[C@H](C[C@@H]5CCCN([C@@H]6CCCC3N6)[C@H]54)[C@H]2C1. The summed E-state index contributed by atoms with van der Waals surface area (Å²) in [6, 6.07) is 2.70. The van der Waals surface area contributed by atoms with E-state index < -0.39 is 0 Å². The Hall–Kier alpha value is -0.120. The normalized spacial score (nSPS) is 55.8. The highest BCUT2D eigenvalue weighted by atomic mass is 15.4. The van der Waals surface area contributed by atoms with Crippen molar-refractivity contribution in [2.24, 2.45) is 17.3 Å². The van der Waals surface area contributed by atoms with Gasteiger partial charge in [0.1, 0.15) is 0 Å². The Morgan fingerprint density at radius 1 is 0.870 bits per heavy atom. The van der Waals surface area contributed by atoms with E-state index in [9.17, 15) is 0 Å². The van der Waals surface area contributed by atoms with Crippen LogP contribution in [0.25, 0.3) is 0 Å². The van der Waals surface area contributed by atoms with Gasteiger partial charge in [-0.3, -0.25) is 15.1 Å². The summed E-state index contributed by atoms with van der Waals surface area (Å²) in [5, 5.41) is 4.15. The molecule has 3 heteroatoms. The fraction of sp³-hybridized carbons (Fsp3) is 1.00. The Bertz CT molecular complexity index is 493. The third kappa shape index (κ3) is 1.82. The number of nitrogens with zero attached hydrogens (tertiary/aromatic N) is 2. The maximum Gasteiger partial charge on any atom is 0.0602 e. The van der Waals surface area contributed by atoms with Crippen LogP contribution >= 0.6 is 0 Å². The minimum absolute atomic E-state index is 0.596. The van der Waals surface area contributed by atoms with Gasteiger partial charge in [-0.1, -0.05) is 6.42 Å². The lowest BCUT2D eigenvalue weighted by molar-refractivity contribution is -0.198. The Morgan fingerprint density at radius 2 is 1.87 bits per heavy atom. The van der Waals surface area contributed by atoms with Crippen LogP contribution in [0.2, 0.25) is 0 Å². The van der Waals surface area contributed by atoms with Gasteiger partial charge in [0.05, 0.1) is 6.17 Å². The molecule has 3 nitrogen and oxygen atoms in total. The average molecular weight is 316 g/mol. The van der Waals surface area contributed by atoms with Crippen molar-refractivity contribution >= 4 is 0 Å². The minimum Gasteiger partial charge on any atom is -0.299 e. The second kappa shape index (κ2) is 4.95. The van der Waals surface area contributed by atoms with Crippen LogP contribution < -0.4 is 5.32 Å². The van der Waals surface area contributed by atoms with Gasteiger partial charge in [0, 0.05) is 30.1 Å². The monoisotopic (exact) mass is 315 g/mol. The van der Waals surface area contributed by atoms with Crippen LogP contribution in [0, 0.1) is 17.3 Å². The van der Waals surface area contributed by atoms with Crippen molar-refractivity contribution in [1.29, 1.82) is 0 Å². The molecule has 0 aromatic heterocycles. The van der Waals surface area contributed by atoms with Crippen LogP contribution in [0.3, 0.4) is 0 Å². The molecule has 7 atom stereocenters. The van der Waals surface area contributed by atoms with Crippen molar-refractivity contribution in [2.75, 3.05) is 19.6 Å². The van der Waals surface area contributed by atoms with Gasteiger partial charge in [0.25, 0.3) is 0 Å². The van der Waals surface area contributed by atoms with E-state index >= 15 is 0 Å². The van der Waals surface area contributed by atoms with E-state index in [1.54, 1.807) is 12.8 Å². The quantitative estimate of drug-likeness (QED) is 0.741. The zero-order valence-electron chi connectivity index (χ0n) is 14.6. The summed E-state index contributed by atoms with van der Waals surface area (Å²) in [7, 11) is 0. The van der Waals surface area contributed by atoms with E-state index in [1.165, 1.54) is 71.0 Å². The molecule has 0 amide bonds. The average Bonchev–Trinajstić information content (AvgIpc) is 2.60. The number of hydrogen-bond acceptors (Lipinski definition) is 3. The molecule has 1 N–H and O–H groups in total. The summed E-state index contributed by atoms with van der Waals surface area (Å²) in [6.07, 6.45) is 15.6. The van der Waals surface area contributed by atoms with Crippen molar-refractivity contribution in [3.63, 3.8) is 0 Å². The molecular weight excluding hydrogens is 282 g/mol. The van der Waals surface area contributed by atoms with Crippen molar-refractivity contribution in [3.05, 3.63) is 0 Å². The summed E-state index contributed by atoms with van der Waals surface area (Å²) >= 11 is 0. The zero-order valence-corrected chi connectivity index (χ0v) is 14.6. The molecule has 1 spiro atoms. The van der Waals surface area contributed by atoms with Gasteiger partial charge in [-0.25, -0.2) is 0 Å². The molecule has 5 aliphatic heterocycles. The molecule has 0 aromatic carbocycles. The van der Waals surface area contributed by atoms with Crippen molar-refractivity contribution in [2.45, 2.75) is 88.5 Å². The molecule has 6 rings (SSSR count). The highest BCUT2D eigenvalue weighted by Crippen LogP contribution is 2.59. The number of piperidine rings is 4. The number of nitrogens with one attached hydrogen (secondary N) is 1. The Kier molecular flexibility index (Phi) is 3.04. The van der Waals surface area contributed by atoms with E-state index in [1.807, 2.05) is 0 Å². The zero-order chi connectivity index (χ0) is 15.0. The molecule has 0 radical (unpaired) electrons. The summed E-state index contributed by atoms with van der Waals surface area (Å²) in [6.45, 7) is 4.20. The molecule has 23 heavy (non-hydrogen) atoms. The second-order valence-electron chi connectivity index (χ2n) is 9.72. The summed E-state index contributed by atoms with van der Waals surface area (Å²) < 4.78 is 0. The fourth-order valence-corrected chi connectivity index (χ4v) is 8.25. The lowest BCUT2D eigenvalue weighted by atomic mass is 9.50. The van der Waals surface area contributed by atoms with E-state index in [4.69, 9.17) is 0 Å². The predicted molar refractivity (Wildman–Crippen MR) is 92.1 cm³/mol. The van der Waals surface area contributed by atoms with Crippen molar-refractivity contribution in [3.8, 4) is 0 Å². The first-order chi connectivity index (χ1) is 11.4. The molecule has 1 aliphatic carbocycles. The van der Waals surface area contributed by atoms with E-state index in [0.29, 0.717) is 5.41 Å². The minimum atomic E-state index is 0.596. The first-order valence-electron chi connectivity index (χ1n) is 10.6. The van der Waals surface area contributed by atoms with Gasteiger partial charge in [-0.2, -0.15) is 0 Å². The van der Waals surface area contributed by atoms with Crippen LogP contribution in [-0.4, -0.2) is 53.7 Å². The van der Waals surface area contributed by atoms with Gasteiger partial charge in [-0.15, -0.1) is 0 Å². The van der Waals surface area contributed by atoms with Crippen molar-refractivity contribution in [1.82, 2.24) is 15.1 Å². The number of hydrogen-bond donors (Lipinski definition) is 1. The van der Waals surface area contributed by atoms with Gasteiger partial charge in [0.15, 0.2) is 0 Å². The van der Waals surface area contributed by atoms with Gasteiger partial charge < -0.3 is 0 Å². The maximum atomic E-state index is 4.15. The molecule has 5 saturated heterocycles. The molecule has 0 aromatic rings. The third-order valence-corrected chi connectivity index (χ3v) is 8.80.